The molecule has 0 N–H and O–H groups in total. The van der Waals surface area contributed by atoms with Gasteiger partial charge < -0.3 is 9.84 Å². The molecule has 0 saturated heterocycles. The topological polar surface area (TPSA) is 61.7 Å². The number of amides is 1. The zero-order chi connectivity index (χ0) is 18.0. The summed E-state index contributed by atoms with van der Waals surface area (Å²) in [4.78, 5) is 15.4. The summed E-state index contributed by atoms with van der Waals surface area (Å²) in [5.74, 6) is 0.829. The molecule has 1 aliphatic rings. The Kier molecular flexibility index (Phi) is 4.68. The Morgan fingerprint density at radius 1 is 1.08 bits per heavy atom. The van der Waals surface area contributed by atoms with Gasteiger partial charge in [0, 0.05) is 10.8 Å². The molecule has 0 spiro atoms. The van der Waals surface area contributed by atoms with E-state index in [2.05, 4.69) is 25.8 Å². The van der Waals surface area contributed by atoms with E-state index in [1.165, 1.54) is 5.56 Å². The minimum absolute atomic E-state index is 0.0803. The fraction of sp³-hybridized carbons (Fsp3) is 0.200. The molecule has 0 bridgehead atoms. The van der Waals surface area contributed by atoms with Gasteiger partial charge in [-0.05, 0) is 35.3 Å². The van der Waals surface area contributed by atoms with Crippen LogP contribution < -0.4 is 9.84 Å². The van der Waals surface area contributed by atoms with Gasteiger partial charge in [-0.1, -0.05) is 62.9 Å². The van der Waals surface area contributed by atoms with Crippen molar-refractivity contribution in [1.29, 1.82) is 0 Å². The van der Waals surface area contributed by atoms with Crippen LogP contribution in [-0.2, 0) is 10.2 Å². The van der Waals surface area contributed by atoms with Crippen LogP contribution in [0.1, 0.15) is 31.9 Å². The number of para-hydroxylation sites is 1. The third-order valence-electron chi connectivity index (χ3n) is 3.75. The van der Waals surface area contributed by atoms with Gasteiger partial charge in [0.15, 0.2) is 0 Å². The molecule has 0 aliphatic carbocycles. The smallest absolute Gasteiger partial charge is 0.283 e. The minimum Gasteiger partial charge on any atom is -0.853 e. The number of hydrogen-bond acceptors (Lipinski definition) is 4. The Hall–Kier alpha value is -2.53. The zero-order valence-electron chi connectivity index (χ0n) is 14.3. The Balaban J connectivity index is 1.85. The molecule has 0 saturated carbocycles. The third kappa shape index (κ3) is 4.12. The molecule has 0 radical (unpaired) electrons. The lowest BCUT2D eigenvalue weighted by molar-refractivity contribution is -0.205. The molecule has 0 unspecified atom stereocenters. The zero-order valence-corrected chi connectivity index (χ0v) is 15.1. The molecule has 1 amide bonds. The predicted octanol–water partition coefficient (Wildman–Crippen LogP) is 4.11. The molecule has 2 aromatic rings. The number of carbonyl (C=O) groups excluding carboxylic acids is 1. The molecule has 0 fully saturated rings. The van der Waals surface area contributed by atoms with Crippen LogP contribution in [0.2, 0.25) is 0 Å². The van der Waals surface area contributed by atoms with E-state index in [0.717, 1.165) is 17.3 Å². The van der Waals surface area contributed by atoms with Crippen LogP contribution in [-0.4, -0.2) is 11.1 Å². The van der Waals surface area contributed by atoms with Gasteiger partial charge in [-0.25, -0.2) is 4.99 Å². The van der Waals surface area contributed by atoms with E-state index in [4.69, 9.17) is 4.74 Å². The number of rotatable bonds is 3. The van der Waals surface area contributed by atoms with Crippen LogP contribution in [0.15, 0.2) is 58.4 Å². The average molecular weight is 352 g/mol. The molecule has 0 atom stereocenters. The first kappa shape index (κ1) is 17.3. The normalized spacial score (nSPS) is 16.2. The second kappa shape index (κ2) is 6.76. The largest absolute Gasteiger partial charge is 0.853 e. The van der Waals surface area contributed by atoms with Crippen LogP contribution in [0, 0.1) is 0 Å². The van der Waals surface area contributed by atoms with Crippen LogP contribution in [0.25, 0.3) is 6.08 Å². The monoisotopic (exact) mass is 352 g/mol. The maximum absolute atomic E-state index is 11.7. The maximum atomic E-state index is 11.7. The molecule has 3 rings (SSSR count). The summed E-state index contributed by atoms with van der Waals surface area (Å²) in [5, 5.41) is 10.8. The van der Waals surface area contributed by atoms with Gasteiger partial charge in [0.05, 0.1) is 4.91 Å². The van der Waals surface area contributed by atoms with E-state index in [1.807, 2.05) is 48.5 Å². The highest BCUT2D eigenvalue weighted by atomic mass is 32.2. The van der Waals surface area contributed by atoms with Crippen LogP contribution >= 0.6 is 11.8 Å². The second-order valence-corrected chi connectivity index (χ2v) is 7.70. The predicted molar refractivity (Wildman–Crippen MR) is 99.7 cm³/mol. The molecule has 4 nitrogen and oxygen atoms in total. The highest BCUT2D eigenvalue weighted by Gasteiger charge is 2.17. The lowest BCUT2D eigenvalue weighted by Gasteiger charge is -2.19. The second-order valence-electron chi connectivity index (χ2n) is 6.71. The molecule has 0 aromatic heterocycles. The standard InChI is InChI=1S/C20H19NO3S/c1-20(2,3)14-8-10-15(11-9-14)24-16-7-5-4-6-13(16)12-17-18(22)21-19(23)25-17/h4-12H,1-3H3,(H,21,22,23)/p-1/b17-12-. The summed E-state index contributed by atoms with van der Waals surface area (Å²) < 4.78 is 5.97. The van der Waals surface area contributed by atoms with Gasteiger partial charge in [0.2, 0.25) is 0 Å². The molecule has 25 heavy (non-hydrogen) atoms. The van der Waals surface area contributed by atoms with Gasteiger partial charge in [0.25, 0.3) is 5.91 Å². The van der Waals surface area contributed by atoms with E-state index in [1.54, 1.807) is 6.08 Å². The van der Waals surface area contributed by atoms with Gasteiger partial charge >= 0.3 is 0 Å². The van der Waals surface area contributed by atoms with Gasteiger partial charge in [-0.15, -0.1) is 0 Å². The number of thioether (sulfide) groups is 1. The number of ether oxygens (including phenoxy) is 1. The fourth-order valence-corrected chi connectivity index (χ4v) is 3.01. The van der Waals surface area contributed by atoms with Crippen molar-refractivity contribution in [3.63, 3.8) is 0 Å². The van der Waals surface area contributed by atoms with Crippen LogP contribution in [0.3, 0.4) is 0 Å². The third-order valence-corrected chi connectivity index (χ3v) is 4.53. The Morgan fingerprint density at radius 2 is 1.76 bits per heavy atom. The summed E-state index contributed by atoms with van der Waals surface area (Å²) in [7, 11) is 0. The first-order valence-corrected chi connectivity index (χ1v) is 8.71. The van der Waals surface area contributed by atoms with E-state index in [-0.39, 0.29) is 5.41 Å². The first-order chi connectivity index (χ1) is 11.8. The highest BCUT2D eigenvalue weighted by Crippen LogP contribution is 2.32. The van der Waals surface area contributed by atoms with Gasteiger partial charge in [-0.3, -0.25) is 4.79 Å². The van der Waals surface area contributed by atoms with Crippen molar-refractivity contribution in [3.8, 4) is 11.5 Å². The summed E-state index contributed by atoms with van der Waals surface area (Å²) in [6, 6.07) is 15.3. The SMILES string of the molecule is CC(C)(C)c1ccc(Oc2ccccc2/C=C2\SC([O-])=NC2=O)cc1. The van der Waals surface area contributed by atoms with Crippen molar-refractivity contribution in [3.05, 3.63) is 64.6 Å². The number of benzene rings is 2. The van der Waals surface area contributed by atoms with Crippen LogP contribution in [0.5, 0.6) is 11.5 Å². The van der Waals surface area contributed by atoms with Gasteiger partial charge in [0.1, 0.15) is 11.5 Å². The molecular weight excluding hydrogens is 334 g/mol. The first-order valence-electron chi connectivity index (χ1n) is 7.90. The van der Waals surface area contributed by atoms with Crippen LogP contribution in [0.4, 0.5) is 0 Å². The van der Waals surface area contributed by atoms with E-state index < -0.39 is 11.1 Å². The highest BCUT2D eigenvalue weighted by molar-refractivity contribution is 8.18. The summed E-state index contributed by atoms with van der Waals surface area (Å²) in [5.41, 5.74) is 2.03. The minimum atomic E-state index is -0.501. The van der Waals surface area contributed by atoms with Crippen molar-refractivity contribution < 1.29 is 14.6 Å². The van der Waals surface area contributed by atoms with Crippen molar-refractivity contribution in [2.24, 2.45) is 4.99 Å². The summed E-state index contributed by atoms with van der Waals surface area (Å²) >= 11 is 0.839. The van der Waals surface area contributed by atoms with E-state index in [0.29, 0.717) is 16.4 Å². The summed E-state index contributed by atoms with van der Waals surface area (Å²) in [6.07, 6.45) is 1.64. The van der Waals surface area contributed by atoms with Crippen molar-refractivity contribution in [2.45, 2.75) is 26.2 Å². The van der Waals surface area contributed by atoms with Crippen molar-refractivity contribution in [1.82, 2.24) is 0 Å². The van der Waals surface area contributed by atoms with Gasteiger partial charge in [-0.2, -0.15) is 0 Å². The molecule has 5 heteroatoms. The number of hydrogen-bond donors (Lipinski definition) is 0. The Labute approximate surface area is 151 Å². The number of nitrogens with zero attached hydrogens (tertiary/aromatic N) is 1. The fourth-order valence-electron chi connectivity index (χ4n) is 2.37. The Morgan fingerprint density at radius 3 is 2.36 bits per heavy atom. The molecule has 2 aromatic carbocycles. The maximum Gasteiger partial charge on any atom is 0.283 e. The lowest BCUT2D eigenvalue weighted by Crippen LogP contribution is -2.10. The number of aliphatic imine (C=N–C) groups is 1. The molecule has 1 aliphatic heterocycles. The van der Waals surface area contributed by atoms with Crippen molar-refractivity contribution >= 4 is 29.0 Å². The van der Waals surface area contributed by atoms with E-state index in [9.17, 15) is 9.90 Å². The molecule has 128 valence electrons. The quantitative estimate of drug-likeness (QED) is 0.780. The lowest BCUT2D eigenvalue weighted by atomic mass is 9.87. The summed E-state index contributed by atoms with van der Waals surface area (Å²) in [6.45, 7) is 6.48. The van der Waals surface area contributed by atoms with E-state index >= 15 is 0 Å². The van der Waals surface area contributed by atoms with Crippen molar-refractivity contribution in [2.75, 3.05) is 0 Å². The molecule has 1 heterocycles. The Bertz CT molecular complexity index is 861. The molecular formula is C20H18NO3S-. The number of carbonyl (C=O) groups is 1. The average Bonchev–Trinajstić information content (AvgIpc) is 2.86.